The number of carbonyl (C=O) groups is 1. The van der Waals surface area contributed by atoms with E-state index < -0.39 is 0 Å². The van der Waals surface area contributed by atoms with Gasteiger partial charge in [-0.3, -0.25) is 4.90 Å². The van der Waals surface area contributed by atoms with Gasteiger partial charge in [0, 0.05) is 31.1 Å². The summed E-state index contributed by atoms with van der Waals surface area (Å²) in [5.41, 5.74) is 2.06. The van der Waals surface area contributed by atoms with Gasteiger partial charge in [-0.05, 0) is 18.6 Å². The second-order valence-electron chi connectivity index (χ2n) is 5.97. The van der Waals surface area contributed by atoms with Crippen LogP contribution in [0.2, 0.25) is 0 Å². The maximum absolute atomic E-state index is 11.8. The van der Waals surface area contributed by atoms with E-state index in [1.165, 1.54) is 11.6 Å². The third kappa shape index (κ3) is 5.77. The lowest BCUT2D eigenvalue weighted by Crippen LogP contribution is -2.44. The number of carbonyl (C=O) groups excluding carboxylic acids is 1. The van der Waals surface area contributed by atoms with Crippen molar-refractivity contribution in [3.63, 3.8) is 0 Å². The predicted octanol–water partition coefficient (Wildman–Crippen LogP) is 2.91. The first kappa shape index (κ1) is 17.8. The molecule has 1 aliphatic heterocycles. The predicted molar refractivity (Wildman–Crippen MR) is 98.3 cm³/mol. The van der Waals surface area contributed by atoms with Crippen LogP contribution in [0, 0.1) is 6.92 Å². The number of morpholine rings is 1. The smallest absolute Gasteiger partial charge is 0.330 e. The van der Waals surface area contributed by atoms with Crippen molar-refractivity contribution in [2.75, 3.05) is 26.3 Å². The zero-order chi connectivity index (χ0) is 17.5. The molecule has 1 unspecified atom stereocenters. The first-order chi connectivity index (χ1) is 12.2. The summed E-state index contributed by atoms with van der Waals surface area (Å²) in [5.74, 6) is -0.366. The van der Waals surface area contributed by atoms with E-state index in [9.17, 15) is 4.79 Å². The van der Waals surface area contributed by atoms with Gasteiger partial charge in [0.05, 0.1) is 17.3 Å². The van der Waals surface area contributed by atoms with Crippen LogP contribution in [0.15, 0.2) is 41.8 Å². The van der Waals surface area contributed by atoms with Crippen molar-refractivity contribution in [2.45, 2.75) is 19.6 Å². The van der Waals surface area contributed by atoms with Crippen LogP contribution >= 0.6 is 11.3 Å². The van der Waals surface area contributed by atoms with Crippen molar-refractivity contribution in [1.29, 1.82) is 0 Å². The van der Waals surface area contributed by atoms with Gasteiger partial charge < -0.3 is 9.47 Å². The topological polar surface area (TPSA) is 51.7 Å². The van der Waals surface area contributed by atoms with Gasteiger partial charge in [-0.2, -0.15) is 0 Å². The van der Waals surface area contributed by atoms with Gasteiger partial charge >= 0.3 is 5.97 Å². The molecule has 25 heavy (non-hydrogen) atoms. The largest absolute Gasteiger partial charge is 0.460 e. The normalized spacial score (nSPS) is 18.5. The maximum Gasteiger partial charge on any atom is 0.330 e. The lowest BCUT2D eigenvalue weighted by Gasteiger charge is -2.32. The quantitative estimate of drug-likeness (QED) is 0.587. The summed E-state index contributed by atoms with van der Waals surface area (Å²) >= 11 is 1.55. The lowest BCUT2D eigenvalue weighted by atomic mass is 10.2. The van der Waals surface area contributed by atoms with Crippen molar-refractivity contribution < 1.29 is 14.3 Å². The van der Waals surface area contributed by atoms with Crippen LogP contribution in [-0.2, 0) is 20.8 Å². The Labute approximate surface area is 151 Å². The molecular weight excluding hydrogens is 336 g/mol. The van der Waals surface area contributed by atoms with E-state index in [1.807, 2.05) is 30.5 Å². The number of hydrogen-bond acceptors (Lipinski definition) is 6. The van der Waals surface area contributed by atoms with Crippen molar-refractivity contribution in [1.82, 2.24) is 9.88 Å². The van der Waals surface area contributed by atoms with E-state index in [-0.39, 0.29) is 18.7 Å². The van der Waals surface area contributed by atoms with Crippen LogP contribution in [0.5, 0.6) is 0 Å². The number of ether oxygens (including phenoxy) is 2. The molecule has 0 spiro atoms. The molecule has 1 atom stereocenters. The number of hydrogen-bond donors (Lipinski definition) is 0. The number of aromatic nitrogens is 1. The fourth-order valence-electron chi connectivity index (χ4n) is 2.70. The van der Waals surface area contributed by atoms with Crippen LogP contribution in [0.3, 0.4) is 0 Å². The van der Waals surface area contributed by atoms with E-state index in [1.54, 1.807) is 17.4 Å². The SMILES string of the molecule is Cc1nc(/C=C/C(=O)OCC2CN(Cc3ccccc3)CCO2)cs1. The first-order valence-corrected chi connectivity index (χ1v) is 9.22. The molecule has 6 heteroatoms. The highest BCUT2D eigenvalue weighted by Gasteiger charge is 2.21. The third-order valence-electron chi connectivity index (χ3n) is 3.91. The summed E-state index contributed by atoms with van der Waals surface area (Å²) in [6.07, 6.45) is 3.00. The molecule has 2 heterocycles. The summed E-state index contributed by atoms with van der Waals surface area (Å²) in [4.78, 5) is 18.4. The lowest BCUT2D eigenvalue weighted by molar-refractivity contribution is -0.144. The molecule has 0 saturated carbocycles. The Bertz CT molecular complexity index is 714. The Balaban J connectivity index is 1.43. The molecule has 0 radical (unpaired) electrons. The second kappa shape index (κ2) is 8.89. The molecule has 1 fully saturated rings. The molecule has 5 nitrogen and oxygen atoms in total. The summed E-state index contributed by atoms with van der Waals surface area (Å²) < 4.78 is 11.0. The van der Waals surface area contributed by atoms with E-state index in [0.717, 1.165) is 30.3 Å². The molecule has 1 aromatic heterocycles. The van der Waals surface area contributed by atoms with E-state index in [2.05, 4.69) is 22.0 Å². The Morgan fingerprint density at radius 3 is 3.04 bits per heavy atom. The molecule has 0 amide bonds. The van der Waals surface area contributed by atoms with Crippen LogP contribution in [0.25, 0.3) is 6.08 Å². The van der Waals surface area contributed by atoms with Gasteiger partial charge in [-0.25, -0.2) is 9.78 Å². The fraction of sp³-hybridized carbons (Fsp3) is 0.368. The van der Waals surface area contributed by atoms with Crippen LogP contribution in [-0.4, -0.2) is 48.3 Å². The zero-order valence-electron chi connectivity index (χ0n) is 14.3. The van der Waals surface area contributed by atoms with E-state index in [0.29, 0.717) is 6.61 Å². The molecule has 132 valence electrons. The second-order valence-corrected chi connectivity index (χ2v) is 7.03. The Morgan fingerprint density at radius 2 is 2.28 bits per heavy atom. The molecule has 3 rings (SSSR count). The Morgan fingerprint density at radius 1 is 1.44 bits per heavy atom. The molecule has 0 N–H and O–H groups in total. The summed E-state index contributed by atoms with van der Waals surface area (Å²) in [7, 11) is 0. The van der Waals surface area contributed by atoms with Gasteiger partial charge in [-0.1, -0.05) is 30.3 Å². The molecule has 1 aromatic carbocycles. The standard InChI is InChI=1S/C19H22N2O3S/c1-15-20-17(14-25-15)7-8-19(22)24-13-18-12-21(9-10-23-18)11-16-5-3-2-4-6-16/h2-8,14,18H,9-13H2,1H3/b8-7+. The Kier molecular flexibility index (Phi) is 6.33. The number of aryl methyl sites for hydroxylation is 1. The first-order valence-electron chi connectivity index (χ1n) is 8.34. The minimum absolute atomic E-state index is 0.0867. The highest BCUT2D eigenvalue weighted by atomic mass is 32.1. The van der Waals surface area contributed by atoms with Crippen LogP contribution in [0.1, 0.15) is 16.3 Å². The van der Waals surface area contributed by atoms with Crippen molar-refractivity contribution in [3.8, 4) is 0 Å². The minimum Gasteiger partial charge on any atom is -0.460 e. The average molecular weight is 358 g/mol. The monoisotopic (exact) mass is 358 g/mol. The maximum atomic E-state index is 11.8. The molecule has 2 aromatic rings. The van der Waals surface area contributed by atoms with Crippen molar-refractivity contribution >= 4 is 23.4 Å². The van der Waals surface area contributed by atoms with Gasteiger partial charge in [0.25, 0.3) is 0 Å². The summed E-state index contributed by atoms with van der Waals surface area (Å²) in [6, 6.07) is 10.4. The van der Waals surface area contributed by atoms with Crippen molar-refractivity contribution in [3.05, 3.63) is 58.1 Å². The van der Waals surface area contributed by atoms with Crippen LogP contribution in [0.4, 0.5) is 0 Å². The molecular formula is C19H22N2O3S. The van der Waals surface area contributed by atoms with Gasteiger partial charge in [-0.15, -0.1) is 11.3 Å². The van der Waals surface area contributed by atoms with E-state index >= 15 is 0 Å². The number of esters is 1. The van der Waals surface area contributed by atoms with Gasteiger partial charge in [0.1, 0.15) is 12.7 Å². The molecule has 1 aliphatic rings. The fourth-order valence-corrected chi connectivity index (χ4v) is 3.28. The minimum atomic E-state index is -0.366. The highest BCUT2D eigenvalue weighted by molar-refractivity contribution is 7.09. The van der Waals surface area contributed by atoms with Gasteiger partial charge in [0.2, 0.25) is 0 Å². The van der Waals surface area contributed by atoms with Crippen molar-refractivity contribution in [2.24, 2.45) is 0 Å². The summed E-state index contributed by atoms with van der Waals surface area (Å²) in [5, 5.41) is 2.88. The van der Waals surface area contributed by atoms with Gasteiger partial charge in [0.15, 0.2) is 0 Å². The van der Waals surface area contributed by atoms with E-state index in [4.69, 9.17) is 9.47 Å². The number of nitrogens with zero attached hydrogens (tertiary/aromatic N) is 2. The highest BCUT2D eigenvalue weighted by Crippen LogP contribution is 2.12. The summed E-state index contributed by atoms with van der Waals surface area (Å²) in [6.45, 7) is 5.40. The number of thiazole rings is 1. The zero-order valence-corrected chi connectivity index (χ0v) is 15.1. The average Bonchev–Trinajstić information content (AvgIpc) is 3.05. The molecule has 1 saturated heterocycles. The molecule has 0 bridgehead atoms. The number of benzene rings is 1. The number of rotatable bonds is 6. The Hall–Kier alpha value is -2.02. The third-order valence-corrected chi connectivity index (χ3v) is 4.70. The van der Waals surface area contributed by atoms with Crippen LogP contribution < -0.4 is 0 Å². The molecule has 0 aliphatic carbocycles.